The number of piperidine rings is 1. The molecule has 37 heavy (non-hydrogen) atoms. The molecule has 2 aromatic carbocycles. The van der Waals surface area contributed by atoms with Gasteiger partial charge in [0.2, 0.25) is 5.78 Å². The Morgan fingerprint density at radius 1 is 1.14 bits per heavy atom. The van der Waals surface area contributed by atoms with E-state index in [1.165, 1.54) is 19.2 Å². The molecule has 0 radical (unpaired) electrons. The van der Waals surface area contributed by atoms with Crippen LogP contribution in [-0.2, 0) is 19.4 Å². The molecule has 9 heteroatoms. The monoisotopic (exact) mass is 531 g/mol. The fourth-order valence-electron chi connectivity index (χ4n) is 6.23. The quantitative estimate of drug-likeness (QED) is 0.416. The number of carbonyl (C=O) groups is 2. The first-order chi connectivity index (χ1) is 17.6. The Morgan fingerprint density at radius 2 is 1.86 bits per heavy atom. The zero-order valence-corrected chi connectivity index (χ0v) is 22.5. The number of halogens is 1. The summed E-state index contributed by atoms with van der Waals surface area (Å²) in [6.07, 6.45) is 2.63. The first kappa shape index (κ1) is 27.6. The maximum absolute atomic E-state index is 14.8. The summed E-state index contributed by atoms with van der Waals surface area (Å²) in [7, 11) is -2.21. The van der Waals surface area contributed by atoms with Crippen LogP contribution in [0.2, 0.25) is 0 Å². The van der Waals surface area contributed by atoms with Crippen molar-refractivity contribution in [3.8, 4) is 0 Å². The normalized spacial score (nSPS) is 28.2. The highest BCUT2D eigenvalue weighted by Crippen LogP contribution is 2.46. The molecule has 0 saturated carbocycles. The molecular formula is C28H36FN2O5S+. The molecule has 2 aliphatic heterocycles. The molecule has 4 rings (SSSR count). The number of nitrogens with zero attached hydrogens (tertiary/aromatic N) is 1. The third-order valence-corrected chi connectivity index (χ3v) is 9.65. The predicted octanol–water partition coefficient (Wildman–Crippen LogP) is 2.89. The Hall–Kier alpha value is -2.46. The van der Waals surface area contributed by atoms with Crippen molar-refractivity contribution in [2.45, 2.75) is 37.0 Å². The number of quaternary nitrogens is 1. The molecule has 2 aliphatic rings. The Kier molecular flexibility index (Phi) is 8.28. The van der Waals surface area contributed by atoms with Gasteiger partial charge in [-0.05, 0) is 43.5 Å². The van der Waals surface area contributed by atoms with E-state index in [2.05, 4.69) is 5.32 Å². The maximum Gasteiger partial charge on any atom is 0.318 e. The van der Waals surface area contributed by atoms with Crippen molar-refractivity contribution in [3.63, 3.8) is 0 Å². The molecule has 0 aromatic heterocycles. The van der Waals surface area contributed by atoms with Crippen molar-refractivity contribution < 1.29 is 31.6 Å². The van der Waals surface area contributed by atoms with Crippen LogP contribution in [0, 0.1) is 18.7 Å². The van der Waals surface area contributed by atoms with Gasteiger partial charge < -0.3 is 10.1 Å². The number of carbonyl (C=O) groups excluding carboxylic acids is 2. The van der Waals surface area contributed by atoms with Gasteiger partial charge in [-0.25, -0.2) is 22.1 Å². The molecule has 1 amide bonds. The Balaban J connectivity index is 1.98. The Bertz CT molecular complexity index is 1250. The zero-order valence-electron chi connectivity index (χ0n) is 21.7. The number of hydrogen-bond acceptors (Lipinski definition) is 6. The molecule has 0 spiro atoms. The number of amides is 1. The van der Waals surface area contributed by atoms with Crippen molar-refractivity contribution >= 4 is 21.5 Å². The van der Waals surface area contributed by atoms with Crippen molar-refractivity contribution in [2.75, 3.05) is 46.2 Å². The number of hydrogen-bond donors (Lipinski definition) is 1. The zero-order chi connectivity index (χ0) is 26.8. The standard InChI is InChI=1S/C28H36FN2O5S/c1-19-22(12-7-13-23(19)29)25-24(37(3,34)35)18-31(15-16-36-2,28(33)21-11-8-14-30-17-21)26(25)27(32)20-9-5-4-6-10-20/h4-7,9-10,12-13,21,24-26,30H,8,11,14-18H2,1-3H3/q+1/t21?,24-,25+,26-,31?/m1/s1. The van der Waals surface area contributed by atoms with Crippen LogP contribution in [0.5, 0.6) is 0 Å². The predicted molar refractivity (Wildman–Crippen MR) is 140 cm³/mol. The van der Waals surface area contributed by atoms with Gasteiger partial charge in [0, 0.05) is 25.5 Å². The molecule has 2 heterocycles. The highest BCUT2D eigenvalue weighted by molar-refractivity contribution is 7.91. The lowest BCUT2D eigenvalue weighted by Crippen LogP contribution is -2.64. The van der Waals surface area contributed by atoms with Gasteiger partial charge in [-0.3, -0.25) is 4.79 Å². The molecular weight excluding hydrogens is 495 g/mol. The van der Waals surface area contributed by atoms with Crippen molar-refractivity contribution in [2.24, 2.45) is 5.92 Å². The van der Waals surface area contributed by atoms with Gasteiger partial charge in [0.1, 0.15) is 24.2 Å². The van der Waals surface area contributed by atoms with E-state index in [4.69, 9.17) is 4.74 Å². The van der Waals surface area contributed by atoms with Crippen LogP contribution in [-0.4, -0.2) is 82.0 Å². The van der Waals surface area contributed by atoms with Crippen molar-refractivity contribution in [1.29, 1.82) is 0 Å². The first-order valence-corrected chi connectivity index (χ1v) is 14.7. The topological polar surface area (TPSA) is 89.5 Å². The minimum Gasteiger partial charge on any atom is -0.379 e. The average Bonchev–Trinajstić information content (AvgIpc) is 3.25. The molecule has 2 fully saturated rings. The van der Waals surface area contributed by atoms with Gasteiger partial charge >= 0.3 is 5.91 Å². The summed E-state index contributed by atoms with van der Waals surface area (Å²) in [5.41, 5.74) is 1.15. The molecule has 2 aromatic rings. The smallest absolute Gasteiger partial charge is 0.318 e. The molecule has 200 valence electrons. The second-order valence-electron chi connectivity index (χ2n) is 10.3. The molecule has 7 nitrogen and oxygen atoms in total. The van der Waals surface area contributed by atoms with Gasteiger partial charge in [-0.2, -0.15) is 0 Å². The fraction of sp³-hybridized carbons (Fsp3) is 0.500. The van der Waals surface area contributed by atoms with E-state index in [1.54, 1.807) is 43.3 Å². The third kappa shape index (κ3) is 5.27. The molecule has 2 unspecified atom stereocenters. The number of likely N-dealkylation sites (tertiary alicyclic amines) is 1. The number of ketones is 1. The van der Waals surface area contributed by atoms with Crippen LogP contribution < -0.4 is 5.32 Å². The fourth-order valence-corrected chi connectivity index (χ4v) is 7.59. The summed E-state index contributed by atoms with van der Waals surface area (Å²) >= 11 is 0. The molecule has 0 bridgehead atoms. The van der Waals surface area contributed by atoms with Crippen molar-refractivity contribution in [1.82, 2.24) is 5.32 Å². The minimum atomic E-state index is -3.74. The van der Waals surface area contributed by atoms with Crippen molar-refractivity contribution in [3.05, 3.63) is 71.0 Å². The average molecular weight is 532 g/mol. The summed E-state index contributed by atoms with van der Waals surface area (Å²) in [5, 5.41) is 2.24. The number of sulfone groups is 1. The lowest BCUT2D eigenvalue weighted by molar-refractivity contribution is -0.859. The number of nitrogens with one attached hydrogen (secondary N) is 1. The highest BCUT2D eigenvalue weighted by Gasteiger charge is 2.64. The largest absolute Gasteiger partial charge is 0.379 e. The van der Waals surface area contributed by atoms with Gasteiger partial charge in [-0.15, -0.1) is 0 Å². The minimum absolute atomic E-state index is 0.0542. The van der Waals surface area contributed by atoms with Gasteiger partial charge in [0.05, 0.1) is 18.4 Å². The first-order valence-electron chi connectivity index (χ1n) is 12.8. The van der Waals surface area contributed by atoms with E-state index in [1.807, 2.05) is 0 Å². The summed E-state index contributed by atoms with van der Waals surface area (Å²) in [6, 6.07) is 12.2. The third-order valence-electron chi connectivity index (χ3n) is 8.10. The highest BCUT2D eigenvalue weighted by atomic mass is 32.2. The van der Waals surface area contributed by atoms with E-state index in [9.17, 15) is 22.4 Å². The van der Waals surface area contributed by atoms with Gasteiger partial charge in [0.15, 0.2) is 15.9 Å². The van der Waals surface area contributed by atoms with Crippen LogP contribution in [0.25, 0.3) is 0 Å². The van der Waals surface area contributed by atoms with E-state index in [0.717, 1.165) is 19.2 Å². The molecule has 2 saturated heterocycles. The lowest BCUT2D eigenvalue weighted by atomic mass is 9.83. The molecule has 5 atom stereocenters. The maximum atomic E-state index is 14.8. The number of benzene rings is 2. The van der Waals surface area contributed by atoms with E-state index >= 15 is 0 Å². The van der Waals surface area contributed by atoms with Crippen LogP contribution >= 0.6 is 0 Å². The number of ether oxygens (including phenoxy) is 1. The van der Waals surface area contributed by atoms with Crippen LogP contribution in [0.1, 0.15) is 40.2 Å². The van der Waals surface area contributed by atoms with E-state index in [-0.39, 0.29) is 41.8 Å². The second-order valence-corrected chi connectivity index (χ2v) is 12.6. The summed E-state index contributed by atoms with van der Waals surface area (Å²) in [5.74, 6) is -2.18. The van der Waals surface area contributed by atoms with Gasteiger partial charge in [0.25, 0.3) is 0 Å². The number of Topliss-reactive ketones (excluding diaryl/α,β-unsaturated/α-hetero) is 1. The SMILES string of the molecule is COCC[N+]1(C(=O)C2CCCNC2)C[C@@H](S(C)(=O)=O)[C@H](c2cccc(F)c2C)[C@@H]1C(=O)c1ccccc1. The van der Waals surface area contributed by atoms with Crippen LogP contribution in [0.15, 0.2) is 48.5 Å². The Labute approximate surface area is 218 Å². The summed E-state index contributed by atoms with van der Waals surface area (Å²) < 4.78 is 46.5. The van der Waals surface area contributed by atoms with Crippen LogP contribution in [0.4, 0.5) is 4.39 Å². The second kappa shape index (κ2) is 11.1. The van der Waals surface area contributed by atoms with E-state index < -0.39 is 32.9 Å². The van der Waals surface area contributed by atoms with Crippen LogP contribution in [0.3, 0.4) is 0 Å². The number of methoxy groups -OCH3 is 1. The number of rotatable bonds is 8. The summed E-state index contributed by atoms with van der Waals surface area (Å²) in [6.45, 7) is 3.17. The Morgan fingerprint density at radius 3 is 2.49 bits per heavy atom. The summed E-state index contributed by atoms with van der Waals surface area (Å²) in [4.78, 5) is 28.8. The van der Waals surface area contributed by atoms with E-state index in [0.29, 0.717) is 29.7 Å². The molecule has 0 aliphatic carbocycles. The van der Waals surface area contributed by atoms with Gasteiger partial charge in [-0.1, -0.05) is 42.5 Å². The molecule has 1 N–H and O–H groups in total. The lowest BCUT2D eigenvalue weighted by Gasteiger charge is -2.40.